The molecule has 0 bridgehead atoms. The average molecular weight is 350 g/mol. The van der Waals surface area contributed by atoms with Gasteiger partial charge in [-0.05, 0) is 38.0 Å². The van der Waals surface area contributed by atoms with Crippen LogP contribution in [0.4, 0.5) is 0 Å². The third-order valence-corrected chi connectivity index (χ3v) is 4.87. The minimum absolute atomic E-state index is 0.0537. The van der Waals surface area contributed by atoms with E-state index in [0.29, 0.717) is 32.6 Å². The minimum Gasteiger partial charge on any atom is -0.341 e. The fourth-order valence-electron chi connectivity index (χ4n) is 3.36. The third-order valence-electron chi connectivity index (χ3n) is 4.87. The van der Waals surface area contributed by atoms with Crippen LogP contribution in [0, 0.1) is 13.8 Å². The summed E-state index contributed by atoms with van der Waals surface area (Å²) in [6, 6.07) is 15.8. The summed E-state index contributed by atoms with van der Waals surface area (Å²) >= 11 is 0. The average Bonchev–Trinajstić information content (AvgIpc) is 2.88. The molecule has 136 valence electrons. The Labute approximate surface area is 155 Å². The molecule has 4 heteroatoms. The van der Waals surface area contributed by atoms with E-state index in [2.05, 4.69) is 6.07 Å². The molecule has 1 heterocycles. The summed E-state index contributed by atoms with van der Waals surface area (Å²) in [4.78, 5) is 29.1. The van der Waals surface area contributed by atoms with Crippen LogP contribution in [0.25, 0.3) is 0 Å². The van der Waals surface area contributed by atoms with Crippen LogP contribution in [-0.2, 0) is 11.2 Å². The second-order valence-electron chi connectivity index (χ2n) is 7.06. The summed E-state index contributed by atoms with van der Waals surface area (Å²) in [6.07, 6.45) is 1.24. The molecule has 0 aliphatic carbocycles. The predicted octanol–water partition coefficient (Wildman–Crippen LogP) is 3.22. The molecule has 1 saturated heterocycles. The highest BCUT2D eigenvalue weighted by atomic mass is 16.2. The van der Waals surface area contributed by atoms with Crippen LogP contribution in [0.3, 0.4) is 0 Å². The molecule has 0 radical (unpaired) electrons. The molecule has 1 aliphatic rings. The van der Waals surface area contributed by atoms with Crippen LogP contribution in [0.1, 0.15) is 33.5 Å². The molecule has 2 amide bonds. The van der Waals surface area contributed by atoms with E-state index < -0.39 is 0 Å². The summed E-state index contributed by atoms with van der Waals surface area (Å²) in [6.45, 7) is 6.64. The van der Waals surface area contributed by atoms with Crippen molar-refractivity contribution in [3.05, 3.63) is 70.8 Å². The number of amides is 2. The highest BCUT2D eigenvalue weighted by Crippen LogP contribution is 2.12. The summed E-state index contributed by atoms with van der Waals surface area (Å²) in [5.41, 5.74) is 4.08. The number of rotatable bonds is 3. The third kappa shape index (κ3) is 4.51. The van der Waals surface area contributed by atoms with Crippen molar-refractivity contribution in [3.8, 4) is 0 Å². The van der Waals surface area contributed by atoms with Crippen LogP contribution in [0.15, 0.2) is 48.5 Å². The van der Waals surface area contributed by atoms with E-state index >= 15 is 0 Å². The molecule has 1 aliphatic heterocycles. The highest BCUT2D eigenvalue weighted by molar-refractivity contribution is 5.94. The van der Waals surface area contributed by atoms with Gasteiger partial charge in [0.05, 0.1) is 6.42 Å². The Hall–Kier alpha value is -2.62. The van der Waals surface area contributed by atoms with Crippen molar-refractivity contribution in [3.63, 3.8) is 0 Å². The smallest absolute Gasteiger partial charge is 0.253 e. The number of nitrogens with zero attached hydrogens (tertiary/aromatic N) is 2. The fraction of sp³-hybridized carbons (Fsp3) is 0.364. The second kappa shape index (κ2) is 8.17. The van der Waals surface area contributed by atoms with Crippen LogP contribution < -0.4 is 0 Å². The van der Waals surface area contributed by atoms with Crippen LogP contribution in [0.5, 0.6) is 0 Å². The zero-order chi connectivity index (χ0) is 18.5. The van der Waals surface area contributed by atoms with Crippen molar-refractivity contribution >= 4 is 11.8 Å². The molecule has 0 unspecified atom stereocenters. The van der Waals surface area contributed by atoms with Gasteiger partial charge in [-0.2, -0.15) is 0 Å². The van der Waals surface area contributed by atoms with Gasteiger partial charge in [0, 0.05) is 31.7 Å². The number of benzene rings is 2. The largest absolute Gasteiger partial charge is 0.341 e. The summed E-state index contributed by atoms with van der Waals surface area (Å²) in [5.74, 6) is 0.193. The number of carbonyl (C=O) groups excluding carboxylic acids is 2. The normalized spacial score (nSPS) is 14.8. The quantitative estimate of drug-likeness (QED) is 0.853. The molecule has 1 fully saturated rings. The van der Waals surface area contributed by atoms with Gasteiger partial charge in [-0.25, -0.2) is 0 Å². The van der Waals surface area contributed by atoms with E-state index in [4.69, 9.17) is 0 Å². The SMILES string of the molecule is Cc1ccc(C(=O)N2CCCN(C(=O)Cc3cccc(C)c3)CC2)cc1. The molecule has 26 heavy (non-hydrogen) atoms. The lowest BCUT2D eigenvalue weighted by atomic mass is 10.1. The molecule has 2 aromatic carbocycles. The van der Waals surface area contributed by atoms with E-state index in [1.807, 2.05) is 66.1 Å². The van der Waals surface area contributed by atoms with Crippen molar-refractivity contribution in [2.45, 2.75) is 26.7 Å². The summed E-state index contributed by atoms with van der Waals surface area (Å²) < 4.78 is 0. The van der Waals surface area contributed by atoms with Crippen molar-refractivity contribution < 1.29 is 9.59 Å². The maximum Gasteiger partial charge on any atom is 0.253 e. The molecule has 0 aromatic heterocycles. The van der Waals surface area contributed by atoms with E-state index in [-0.39, 0.29) is 11.8 Å². The summed E-state index contributed by atoms with van der Waals surface area (Å²) in [7, 11) is 0. The summed E-state index contributed by atoms with van der Waals surface area (Å²) in [5, 5.41) is 0. The van der Waals surface area contributed by atoms with Crippen molar-refractivity contribution in [1.29, 1.82) is 0 Å². The predicted molar refractivity (Wildman–Crippen MR) is 103 cm³/mol. The van der Waals surface area contributed by atoms with E-state index in [1.165, 1.54) is 5.56 Å². The molecular formula is C22H26N2O2. The van der Waals surface area contributed by atoms with Crippen molar-refractivity contribution in [2.24, 2.45) is 0 Å². The van der Waals surface area contributed by atoms with Gasteiger partial charge in [-0.3, -0.25) is 9.59 Å². The van der Waals surface area contributed by atoms with Gasteiger partial charge in [0.25, 0.3) is 5.91 Å². The monoisotopic (exact) mass is 350 g/mol. The Morgan fingerprint density at radius 2 is 1.54 bits per heavy atom. The Morgan fingerprint density at radius 1 is 0.846 bits per heavy atom. The van der Waals surface area contributed by atoms with Crippen LogP contribution in [-0.4, -0.2) is 47.8 Å². The van der Waals surface area contributed by atoms with Gasteiger partial charge in [0.15, 0.2) is 0 Å². The van der Waals surface area contributed by atoms with Gasteiger partial charge in [0.2, 0.25) is 5.91 Å². The van der Waals surface area contributed by atoms with Crippen LogP contribution in [0.2, 0.25) is 0 Å². The molecule has 0 spiro atoms. The number of carbonyl (C=O) groups is 2. The lowest BCUT2D eigenvalue weighted by Gasteiger charge is -2.22. The first-order valence-electron chi connectivity index (χ1n) is 9.22. The molecule has 0 atom stereocenters. The van der Waals surface area contributed by atoms with Crippen molar-refractivity contribution in [2.75, 3.05) is 26.2 Å². The van der Waals surface area contributed by atoms with Gasteiger partial charge < -0.3 is 9.80 Å². The van der Waals surface area contributed by atoms with Gasteiger partial charge in [0.1, 0.15) is 0 Å². The van der Waals surface area contributed by atoms with Gasteiger partial charge in [-0.15, -0.1) is 0 Å². The number of hydrogen-bond acceptors (Lipinski definition) is 2. The maximum atomic E-state index is 12.7. The zero-order valence-corrected chi connectivity index (χ0v) is 15.6. The Kier molecular flexibility index (Phi) is 5.71. The minimum atomic E-state index is 0.0537. The first-order valence-corrected chi connectivity index (χ1v) is 9.22. The molecule has 2 aromatic rings. The van der Waals surface area contributed by atoms with Gasteiger partial charge in [-0.1, -0.05) is 47.5 Å². The lowest BCUT2D eigenvalue weighted by molar-refractivity contribution is -0.130. The maximum absolute atomic E-state index is 12.7. The standard InChI is InChI=1S/C22H26N2O2/c1-17-7-9-20(10-8-17)22(26)24-12-4-11-23(13-14-24)21(25)16-19-6-3-5-18(2)15-19/h3,5-10,15H,4,11-14,16H2,1-2H3. The van der Waals surface area contributed by atoms with E-state index in [1.54, 1.807) is 0 Å². The fourth-order valence-corrected chi connectivity index (χ4v) is 3.36. The first-order chi connectivity index (χ1) is 12.5. The Bertz CT molecular complexity index is 783. The topological polar surface area (TPSA) is 40.6 Å². The molecule has 4 nitrogen and oxygen atoms in total. The molecule has 0 saturated carbocycles. The van der Waals surface area contributed by atoms with Gasteiger partial charge >= 0.3 is 0 Å². The second-order valence-corrected chi connectivity index (χ2v) is 7.06. The number of aryl methyl sites for hydroxylation is 2. The number of hydrogen-bond donors (Lipinski definition) is 0. The molecule has 0 N–H and O–H groups in total. The Morgan fingerprint density at radius 3 is 2.27 bits per heavy atom. The Balaban J connectivity index is 1.59. The lowest BCUT2D eigenvalue weighted by Crippen LogP contribution is -2.38. The first kappa shape index (κ1) is 18.2. The van der Waals surface area contributed by atoms with Crippen LogP contribution >= 0.6 is 0 Å². The molecular weight excluding hydrogens is 324 g/mol. The van der Waals surface area contributed by atoms with E-state index in [9.17, 15) is 9.59 Å². The molecule has 3 rings (SSSR count). The highest BCUT2D eigenvalue weighted by Gasteiger charge is 2.22. The van der Waals surface area contributed by atoms with E-state index in [0.717, 1.165) is 23.1 Å². The van der Waals surface area contributed by atoms with Crippen molar-refractivity contribution in [1.82, 2.24) is 9.80 Å². The zero-order valence-electron chi connectivity index (χ0n) is 15.6.